The van der Waals surface area contributed by atoms with Gasteiger partial charge in [-0.25, -0.2) is 0 Å². The molecule has 0 spiro atoms. The van der Waals surface area contributed by atoms with Gasteiger partial charge in [-0.15, -0.1) is 11.3 Å². The topological polar surface area (TPSA) is 12.0 Å². The molecule has 0 saturated carbocycles. The van der Waals surface area contributed by atoms with E-state index >= 15 is 0 Å². The van der Waals surface area contributed by atoms with E-state index in [2.05, 4.69) is 82.0 Å². The van der Waals surface area contributed by atoms with E-state index in [1.165, 1.54) is 28.9 Å². The third kappa shape index (κ3) is 2.81. The summed E-state index contributed by atoms with van der Waals surface area (Å²) in [4.78, 5) is 1.36. The van der Waals surface area contributed by atoms with E-state index in [-0.39, 0.29) is 6.04 Å². The highest BCUT2D eigenvalue weighted by atomic mass is 127. The summed E-state index contributed by atoms with van der Waals surface area (Å²) >= 11 is 7.81. The van der Waals surface area contributed by atoms with Crippen molar-refractivity contribution in [2.75, 3.05) is 7.05 Å². The molecule has 0 saturated heterocycles. The van der Waals surface area contributed by atoms with Gasteiger partial charge in [0, 0.05) is 8.45 Å². The van der Waals surface area contributed by atoms with E-state index in [1.54, 1.807) is 11.3 Å². The molecule has 18 heavy (non-hydrogen) atoms. The number of nitrogens with one attached hydrogen (secondary N) is 1. The number of hydrogen-bond donors (Lipinski definition) is 1. The monoisotopic (exact) mass is 435 g/mol. The predicted octanol–water partition coefficient (Wildman–Crippen LogP) is 5.04. The van der Waals surface area contributed by atoms with Gasteiger partial charge in [0.1, 0.15) is 0 Å². The zero-order valence-electron chi connectivity index (χ0n) is 10.6. The van der Waals surface area contributed by atoms with Crippen molar-refractivity contribution >= 4 is 49.9 Å². The van der Waals surface area contributed by atoms with Crippen LogP contribution in [0, 0.1) is 17.4 Å². The van der Waals surface area contributed by atoms with Crippen LogP contribution >= 0.6 is 49.9 Å². The van der Waals surface area contributed by atoms with E-state index < -0.39 is 0 Å². The summed E-state index contributed by atoms with van der Waals surface area (Å²) < 4.78 is 2.54. The fraction of sp³-hybridized carbons (Fsp3) is 0.286. The Labute approximate surface area is 134 Å². The second-order valence-electron chi connectivity index (χ2n) is 4.26. The first-order valence-electron chi connectivity index (χ1n) is 5.72. The highest BCUT2D eigenvalue weighted by Gasteiger charge is 2.19. The Balaban J connectivity index is 2.52. The predicted molar refractivity (Wildman–Crippen MR) is 91.6 cm³/mol. The molecule has 1 nitrogen and oxygen atoms in total. The molecule has 0 fully saturated rings. The van der Waals surface area contributed by atoms with Gasteiger partial charge in [-0.2, -0.15) is 0 Å². The molecule has 1 atom stereocenters. The van der Waals surface area contributed by atoms with Gasteiger partial charge in [0.05, 0.1) is 9.83 Å². The summed E-state index contributed by atoms with van der Waals surface area (Å²) in [5.74, 6) is 0. The molecule has 0 aliphatic rings. The molecule has 1 aromatic carbocycles. The van der Waals surface area contributed by atoms with E-state index in [0.717, 1.165) is 0 Å². The lowest BCUT2D eigenvalue weighted by Crippen LogP contribution is -2.19. The van der Waals surface area contributed by atoms with Crippen LogP contribution < -0.4 is 5.32 Å². The summed E-state index contributed by atoms with van der Waals surface area (Å²) in [6, 6.07) is 8.99. The molecule has 0 bridgehead atoms. The van der Waals surface area contributed by atoms with E-state index in [0.29, 0.717) is 0 Å². The van der Waals surface area contributed by atoms with E-state index in [9.17, 15) is 0 Å². The third-order valence-corrected chi connectivity index (χ3v) is 6.10. The number of hydrogen-bond acceptors (Lipinski definition) is 2. The van der Waals surface area contributed by atoms with E-state index in [1.807, 2.05) is 7.05 Å². The van der Waals surface area contributed by atoms with Crippen LogP contribution in [0.1, 0.15) is 27.6 Å². The lowest BCUT2D eigenvalue weighted by Gasteiger charge is -2.19. The standard InChI is InChI=1S/C14H15BrINS/c1-8-5-4-6-10(13(8)16)14(17-3)11-7-12(15)18-9(11)2/h4-7,14,17H,1-3H3. The Morgan fingerprint density at radius 1 is 1.28 bits per heavy atom. The fourth-order valence-electron chi connectivity index (χ4n) is 2.12. The van der Waals surface area contributed by atoms with Crippen molar-refractivity contribution in [3.63, 3.8) is 0 Å². The zero-order chi connectivity index (χ0) is 13.3. The minimum atomic E-state index is 0.263. The molecular formula is C14H15BrINS. The molecule has 0 aliphatic heterocycles. The van der Waals surface area contributed by atoms with Crippen molar-refractivity contribution in [3.05, 3.63) is 53.2 Å². The number of rotatable bonds is 3. The van der Waals surface area contributed by atoms with Crippen LogP contribution in [0.2, 0.25) is 0 Å². The van der Waals surface area contributed by atoms with Crippen molar-refractivity contribution in [3.8, 4) is 0 Å². The maximum atomic E-state index is 3.57. The molecule has 2 aromatic rings. The minimum absolute atomic E-state index is 0.263. The van der Waals surface area contributed by atoms with Crippen LogP contribution in [-0.2, 0) is 0 Å². The SMILES string of the molecule is CNC(c1cc(Br)sc1C)c1cccc(C)c1I. The maximum absolute atomic E-state index is 3.57. The molecule has 1 N–H and O–H groups in total. The smallest absolute Gasteiger partial charge is 0.0704 e. The first-order chi connectivity index (χ1) is 8.54. The first-order valence-corrected chi connectivity index (χ1v) is 8.41. The Hall–Kier alpha value is 0.0900. The Morgan fingerprint density at radius 2 is 2.00 bits per heavy atom. The van der Waals surface area contributed by atoms with Gasteiger partial charge in [0.25, 0.3) is 0 Å². The lowest BCUT2D eigenvalue weighted by atomic mass is 9.98. The van der Waals surface area contributed by atoms with Crippen LogP contribution in [0.3, 0.4) is 0 Å². The van der Waals surface area contributed by atoms with Gasteiger partial charge >= 0.3 is 0 Å². The minimum Gasteiger partial charge on any atom is -0.309 e. The maximum Gasteiger partial charge on any atom is 0.0704 e. The van der Waals surface area contributed by atoms with Gasteiger partial charge in [0.2, 0.25) is 0 Å². The fourth-order valence-corrected chi connectivity index (χ4v) is 4.54. The van der Waals surface area contributed by atoms with Crippen molar-refractivity contribution in [2.24, 2.45) is 0 Å². The summed E-state index contributed by atoms with van der Waals surface area (Å²) in [7, 11) is 2.02. The summed E-state index contributed by atoms with van der Waals surface area (Å²) in [5, 5.41) is 3.44. The largest absolute Gasteiger partial charge is 0.309 e. The van der Waals surface area contributed by atoms with Gasteiger partial charge < -0.3 is 5.32 Å². The van der Waals surface area contributed by atoms with Crippen molar-refractivity contribution in [1.29, 1.82) is 0 Å². The molecule has 4 heteroatoms. The summed E-state index contributed by atoms with van der Waals surface area (Å²) in [6.07, 6.45) is 0. The van der Waals surface area contributed by atoms with E-state index in [4.69, 9.17) is 0 Å². The van der Waals surface area contributed by atoms with Crippen molar-refractivity contribution < 1.29 is 0 Å². The molecule has 1 aromatic heterocycles. The van der Waals surface area contributed by atoms with Gasteiger partial charge in [0.15, 0.2) is 0 Å². The van der Waals surface area contributed by atoms with Crippen LogP contribution in [0.25, 0.3) is 0 Å². The number of benzene rings is 1. The highest BCUT2D eigenvalue weighted by molar-refractivity contribution is 14.1. The Kier molecular flexibility index (Phi) is 4.86. The quantitative estimate of drug-likeness (QED) is 0.666. The summed E-state index contributed by atoms with van der Waals surface area (Å²) in [5.41, 5.74) is 4.05. The lowest BCUT2D eigenvalue weighted by molar-refractivity contribution is 0.687. The van der Waals surface area contributed by atoms with Gasteiger partial charge in [-0.3, -0.25) is 0 Å². The van der Waals surface area contributed by atoms with Crippen LogP contribution in [0.15, 0.2) is 28.1 Å². The molecule has 0 radical (unpaired) electrons. The highest BCUT2D eigenvalue weighted by Crippen LogP contribution is 2.35. The average Bonchev–Trinajstić information content (AvgIpc) is 2.65. The molecule has 0 amide bonds. The Morgan fingerprint density at radius 3 is 2.56 bits per heavy atom. The summed E-state index contributed by atoms with van der Waals surface area (Å²) in [6.45, 7) is 4.34. The third-order valence-electron chi connectivity index (χ3n) is 3.06. The van der Waals surface area contributed by atoms with Crippen LogP contribution in [0.4, 0.5) is 0 Å². The molecule has 1 unspecified atom stereocenters. The number of thiophene rings is 1. The number of halogens is 2. The molecule has 96 valence electrons. The van der Waals surface area contributed by atoms with Gasteiger partial charge in [-0.05, 0) is 82.2 Å². The molecule has 1 heterocycles. The average molecular weight is 436 g/mol. The van der Waals surface area contributed by atoms with Crippen molar-refractivity contribution in [1.82, 2.24) is 5.32 Å². The second kappa shape index (κ2) is 6.03. The second-order valence-corrected chi connectivity index (χ2v) is 7.98. The zero-order valence-corrected chi connectivity index (χ0v) is 15.1. The van der Waals surface area contributed by atoms with Crippen molar-refractivity contribution in [2.45, 2.75) is 19.9 Å². The first kappa shape index (κ1) is 14.5. The van der Waals surface area contributed by atoms with Crippen LogP contribution in [-0.4, -0.2) is 7.05 Å². The molecule has 0 aliphatic carbocycles. The van der Waals surface area contributed by atoms with Crippen LogP contribution in [0.5, 0.6) is 0 Å². The molecule has 2 rings (SSSR count). The number of aryl methyl sites for hydroxylation is 2. The van der Waals surface area contributed by atoms with Gasteiger partial charge in [-0.1, -0.05) is 18.2 Å². The molecular weight excluding hydrogens is 421 g/mol. The Bertz CT molecular complexity index is 565. The normalized spacial score (nSPS) is 12.7.